The number of aryl methyl sites for hydroxylation is 1. The predicted molar refractivity (Wildman–Crippen MR) is 124 cm³/mol. The largest absolute Gasteiger partial charge is 0.341 e. The Balaban J connectivity index is 1.39. The Kier molecular flexibility index (Phi) is 5.17. The van der Waals surface area contributed by atoms with Crippen molar-refractivity contribution in [3.8, 4) is 11.5 Å². The standard InChI is InChI=1S/C23H23N9O/c1-15(2)32-14-25-28-22(32)18-5-4-6-21(26-18)27-23(33)19-11-20-16(12-24-19)7-10-31(20)13-17-8-9-30(3)29-17/h4-12,14-15H,13H2,1-3H3,(H,26,27,33). The molecule has 0 bridgehead atoms. The van der Waals surface area contributed by atoms with Crippen LogP contribution in [0.3, 0.4) is 0 Å². The molecule has 0 fully saturated rings. The molecule has 166 valence electrons. The summed E-state index contributed by atoms with van der Waals surface area (Å²) in [5, 5.41) is 16.4. The molecule has 0 saturated carbocycles. The Hall–Kier alpha value is -4.34. The van der Waals surface area contributed by atoms with Gasteiger partial charge in [0.25, 0.3) is 5.91 Å². The fraction of sp³-hybridized carbons (Fsp3) is 0.217. The number of amides is 1. The van der Waals surface area contributed by atoms with Crippen LogP contribution in [0.2, 0.25) is 0 Å². The summed E-state index contributed by atoms with van der Waals surface area (Å²) in [5.74, 6) is 0.729. The Labute approximate surface area is 189 Å². The molecule has 0 atom stereocenters. The lowest BCUT2D eigenvalue weighted by Crippen LogP contribution is -2.15. The third-order valence-electron chi connectivity index (χ3n) is 5.34. The van der Waals surface area contributed by atoms with Crippen molar-refractivity contribution in [1.29, 1.82) is 0 Å². The van der Waals surface area contributed by atoms with Gasteiger partial charge in [-0.25, -0.2) is 4.98 Å². The zero-order valence-electron chi connectivity index (χ0n) is 18.5. The molecular weight excluding hydrogens is 418 g/mol. The van der Waals surface area contributed by atoms with Gasteiger partial charge in [0.2, 0.25) is 0 Å². The molecule has 10 nitrogen and oxygen atoms in total. The molecule has 5 aromatic heterocycles. The molecule has 33 heavy (non-hydrogen) atoms. The number of anilines is 1. The average Bonchev–Trinajstić information content (AvgIpc) is 3.54. The van der Waals surface area contributed by atoms with Crippen molar-refractivity contribution in [2.75, 3.05) is 5.32 Å². The van der Waals surface area contributed by atoms with Crippen molar-refractivity contribution in [3.05, 3.63) is 72.7 Å². The third kappa shape index (κ3) is 4.10. The highest BCUT2D eigenvalue weighted by atomic mass is 16.1. The summed E-state index contributed by atoms with van der Waals surface area (Å²) in [4.78, 5) is 21.8. The summed E-state index contributed by atoms with van der Waals surface area (Å²) < 4.78 is 5.75. The van der Waals surface area contributed by atoms with E-state index in [2.05, 4.69) is 30.6 Å². The molecule has 0 aliphatic rings. The van der Waals surface area contributed by atoms with E-state index in [1.165, 1.54) is 0 Å². The molecule has 0 radical (unpaired) electrons. The lowest BCUT2D eigenvalue weighted by molar-refractivity contribution is 0.102. The molecule has 5 rings (SSSR count). The van der Waals surface area contributed by atoms with Crippen LogP contribution in [0.25, 0.3) is 22.4 Å². The van der Waals surface area contributed by atoms with Gasteiger partial charge in [0, 0.05) is 37.1 Å². The summed E-state index contributed by atoms with van der Waals surface area (Å²) in [6.45, 7) is 4.70. The second-order valence-electron chi connectivity index (χ2n) is 8.07. The Morgan fingerprint density at radius 1 is 1.15 bits per heavy atom. The van der Waals surface area contributed by atoms with E-state index in [1.54, 1.807) is 29.3 Å². The minimum Gasteiger partial charge on any atom is -0.341 e. The topological polar surface area (TPSA) is 108 Å². The van der Waals surface area contributed by atoms with E-state index in [0.717, 1.165) is 16.6 Å². The molecule has 0 unspecified atom stereocenters. The highest BCUT2D eigenvalue weighted by molar-refractivity contribution is 6.04. The Bertz CT molecular complexity index is 1440. The van der Waals surface area contributed by atoms with Gasteiger partial charge in [-0.05, 0) is 44.2 Å². The lowest BCUT2D eigenvalue weighted by atomic mass is 10.2. The van der Waals surface area contributed by atoms with Gasteiger partial charge < -0.3 is 14.5 Å². The Morgan fingerprint density at radius 3 is 2.82 bits per heavy atom. The molecule has 5 aromatic rings. The zero-order valence-corrected chi connectivity index (χ0v) is 18.5. The minimum atomic E-state index is -0.336. The summed E-state index contributed by atoms with van der Waals surface area (Å²) in [5.41, 5.74) is 2.79. The third-order valence-corrected chi connectivity index (χ3v) is 5.34. The van der Waals surface area contributed by atoms with E-state index in [4.69, 9.17) is 0 Å². The predicted octanol–water partition coefficient (Wildman–Crippen LogP) is 3.30. The molecular formula is C23H23N9O. The second-order valence-corrected chi connectivity index (χ2v) is 8.07. The number of carbonyl (C=O) groups excluding carboxylic acids is 1. The summed E-state index contributed by atoms with van der Waals surface area (Å²) in [6, 6.07) is 11.3. The first-order valence-corrected chi connectivity index (χ1v) is 10.6. The lowest BCUT2D eigenvalue weighted by Gasteiger charge is -2.10. The van der Waals surface area contributed by atoms with Gasteiger partial charge in [-0.15, -0.1) is 10.2 Å². The van der Waals surface area contributed by atoms with Crippen LogP contribution in [0.4, 0.5) is 5.82 Å². The second kappa shape index (κ2) is 8.30. The molecule has 0 aliphatic heterocycles. The van der Waals surface area contributed by atoms with Gasteiger partial charge in [0.15, 0.2) is 5.82 Å². The smallest absolute Gasteiger partial charge is 0.275 e. The van der Waals surface area contributed by atoms with Crippen LogP contribution in [0.1, 0.15) is 36.1 Å². The quantitative estimate of drug-likeness (QED) is 0.433. The normalized spacial score (nSPS) is 11.4. The first-order chi connectivity index (χ1) is 16.0. The van der Waals surface area contributed by atoms with Gasteiger partial charge in [-0.2, -0.15) is 5.10 Å². The number of aromatic nitrogens is 8. The number of nitrogens with one attached hydrogen (secondary N) is 1. The van der Waals surface area contributed by atoms with Crippen LogP contribution < -0.4 is 5.32 Å². The highest BCUT2D eigenvalue weighted by Crippen LogP contribution is 2.21. The first kappa shape index (κ1) is 20.6. The monoisotopic (exact) mass is 441 g/mol. The van der Waals surface area contributed by atoms with E-state index in [-0.39, 0.29) is 11.9 Å². The van der Waals surface area contributed by atoms with Crippen LogP contribution in [0.5, 0.6) is 0 Å². The minimum absolute atomic E-state index is 0.188. The van der Waals surface area contributed by atoms with Gasteiger partial charge >= 0.3 is 0 Å². The maximum absolute atomic E-state index is 13.0. The van der Waals surface area contributed by atoms with Crippen LogP contribution >= 0.6 is 0 Å². The number of hydrogen-bond acceptors (Lipinski definition) is 6. The van der Waals surface area contributed by atoms with Crippen LogP contribution in [-0.2, 0) is 13.6 Å². The van der Waals surface area contributed by atoms with E-state index in [1.807, 2.05) is 66.7 Å². The molecule has 0 aromatic carbocycles. The Morgan fingerprint density at radius 2 is 2.03 bits per heavy atom. The van der Waals surface area contributed by atoms with Gasteiger partial charge in [0.05, 0.1) is 17.8 Å². The van der Waals surface area contributed by atoms with Crippen LogP contribution in [0, 0.1) is 0 Å². The van der Waals surface area contributed by atoms with Crippen molar-refractivity contribution in [1.82, 2.24) is 39.1 Å². The zero-order chi connectivity index (χ0) is 22.9. The van der Waals surface area contributed by atoms with E-state index < -0.39 is 0 Å². The number of nitrogens with zero attached hydrogens (tertiary/aromatic N) is 8. The van der Waals surface area contributed by atoms with Gasteiger partial charge in [-0.3, -0.25) is 14.5 Å². The van der Waals surface area contributed by atoms with E-state index in [9.17, 15) is 4.79 Å². The molecule has 10 heteroatoms. The molecule has 0 saturated heterocycles. The molecule has 5 heterocycles. The summed E-state index contributed by atoms with van der Waals surface area (Å²) in [6.07, 6.45) is 7.26. The number of carbonyl (C=O) groups is 1. The number of hydrogen-bond donors (Lipinski definition) is 1. The van der Waals surface area contributed by atoms with E-state index >= 15 is 0 Å². The van der Waals surface area contributed by atoms with Crippen molar-refractivity contribution in [3.63, 3.8) is 0 Å². The van der Waals surface area contributed by atoms with E-state index in [0.29, 0.717) is 29.6 Å². The van der Waals surface area contributed by atoms with Crippen molar-refractivity contribution in [2.45, 2.75) is 26.4 Å². The summed E-state index contributed by atoms with van der Waals surface area (Å²) in [7, 11) is 1.89. The SMILES string of the molecule is CC(C)n1cnnc1-c1cccc(NC(=O)c2cc3c(ccn3Cc3ccn(C)n3)cn2)n1. The van der Waals surface area contributed by atoms with Gasteiger partial charge in [-0.1, -0.05) is 6.07 Å². The van der Waals surface area contributed by atoms with Crippen molar-refractivity contribution >= 4 is 22.6 Å². The molecule has 1 amide bonds. The fourth-order valence-electron chi connectivity index (χ4n) is 3.68. The molecule has 1 N–H and O–H groups in total. The van der Waals surface area contributed by atoms with Gasteiger partial charge in [0.1, 0.15) is 23.5 Å². The van der Waals surface area contributed by atoms with Crippen LogP contribution in [0.15, 0.2) is 61.3 Å². The fourth-order valence-corrected chi connectivity index (χ4v) is 3.68. The number of pyridine rings is 2. The maximum atomic E-state index is 13.0. The molecule has 0 spiro atoms. The maximum Gasteiger partial charge on any atom is 0.275 e. The highest BCUT2D eigenvalue weighted by Gasteiger charge is 2.15. The summed E-state index contributed by atoms with van der Waals surface area (Å²) >= 11 is 0. The average molecular weight is 441 g/mol. The van der Waals surface area contributed by atoms with Crippen molar-refractivity contribution < 1.29 is 4.79 Å². The number of rotatable bonds is 6. The number of fused-ring (bicyclic) bond motifs is 1. The van der Waals surface area contributed by atoms with Crippen molar-refractivity contribution in [2.24, 2.45) is 7.05 Å². The first-order valence-electron chi connectivity index (χ1n) is 10.6. The van der Waals surface area contributed by atoms with Crippen LogP contribution in [-0.4, -0.2) is 45.0 Å². The molecule has 0 aliphatic carbocycles.